The maximum absolute atomic E-state index is 11.7. The zero-order valence-electron chi connectivity index (χ0n) is 10.5. The quantitative estimate of drug-likeness (QED) is 0.619. The second-order valence-electron chi connectivity index (χ2n) is 4.55. The Balaban J connectivity index is 1.92. The number of halogens is 1. The van der Waals surface area contributed by atoms with Crippen LogP contribution in [0, 0.1) is 5.92 Å². The Labute approximate surface area is 113 Å². The van der Waals surface area contributed by atoms with E-state index in [0.29, 0.717) is 13.2 Å². The summed E-state index contributed by atoms with van der Waals surface area (Å²) < 4.78 is 5.04. The summed E-state index contributed by atoms with van der Waals surface area (Å²) >= 11 is 6.23. The molecule has 0 aromatic heterocycles. The minimum absolute atomic E-state index is 0.146. The van der Waals surface area contributed by atoms with Crippen LogP contribution in [0.1, 0.15) is 12.5 Å². The lowest BCUT2D eigenvalue weighted by atomic mass is 10.1. The van der Waals surface area contributed by atoms with Crippen molar-refractivity contribution >= 4 is 17.6 Å². The summed E-state index contributed by atoms with van der Waals surface area (Å²) in [6.45, 7) is 4.48. The molecule has 0 amide bonds. The van der Waals surface area contributed by atoms with E-state index in [1.54, 1.807) is 0 Å². The minimum atomic E-state index is -0.199. The second kappa shape index (κ2) is 6.21. The first-order chi connectivity index (χ1) is 8.70. The summed E-state index contributed by atoms with van der Waals surface area (Å²) in [4.78, 5) is 13.9. The van der Waals surface area contributed by atoms with Gasteiger partial charge in [-0.15, -0.1) is 11.6 Å². The molecular weight excluding hydrogens is 250 g/mol. The highest BCUT2D eigenvalue weighted by Crippen LogP contribution is 2.24. The van der Waals surface area contributed by atoms with Crippen LogP contribution < -0.4 is 0 Å². The average molecular weight is 268 g/mol. The van der Waals surface area contributed by atoms with Crippen molar-refractivity contribution in [3.05, 3.63) is 35.9 Å². The minimum Gasteiger partial charge on any atom is -0.466 e. The Morgan fingerprint density at radius 1 is 1.39 bits per heavy atom. The molecule has 1 fully saturated rings. The highest BCUT2D eigenvalue weighted by Gasteiger charge is 2.37. The molecule has 2 unspecified atom stereocenters. The Hall–Kier alpha value is -1.06. The molecule has 0 bridgehead atoms. The number of alkyl halides is 1. The van der Waals surface area contributed by atoms with Crippen LogP contribution in [0.4, 0.5) is 0 Å². The Morgan fingerprint density at radius 2 is 2.11 bits per heavy atom. The highest BCUT2D eigenvalue weighted by molar-refractivity contribution is 6.22. The summed E-state index contributed by atoms with van der Waals surface area (Å²) in [5.74, 6) is -0.372. The largest absolute Gasteiger partial charge is 0.466 e. The standard InChI is InChI=1S/C14H18ClNO2/c1-2-18-14(17)12-9-16(10-13(12)15)8-11-6-4-3-5-7-11/h3-7,12-13H,2,8-10H2,1H3. The van der Waals surface area contributed by atoms with Gasteiger partial charge in [-0.05, 0) is 12.5 Å². The number of carbonyl (C=O) groups excluding carboxylic acids is 1. The van der Waals surface area contributed by atoms with E-state index < -0.39 is 0 Å². The van der Waals surface area contributed by atoms with Crippen molar-refractivity contribution in [2.75, 3.05) is 19.7 Å². The molecule has 2 rings (SSSR count). The van der Waals surface area contributed by atoms with Gasteiger partial charge in [-0.3, -0.25) is 9.69 Å². The van der Waals surface area contributed by atoms with Crippen LogP contribution in [0.15, 0.2) is 30.3 Å². The summed E-state index contributed by atoms with van der Waals surface area (Å²) in [6.07, 6.45) is 0. The first-order valence-electron chi connectivity index (χ1n) is 6.27. The molecule has 1 aromatic rings. The molecule has 0 radical (unpaired) electrons. The van der Waals surface area contributed by atoms with E-state index >= 15 is 0 Å². The summed E-state index contributed by atoms with van der Waals surface area (Å²) in [5.41, 5.74) is 1.24. The van der Waals surface area contributed by atoms with E-state index in [-0.39, 0.29) is 17.3 Å². The molecule has 2 atom stereocenters. The summed E-state index contributed by atoms with van der Waals surface area (Å²) in [5, 5.41) is -0.146. The van der Waals surface area contributed by atoms with Gasteiger partial charge in [0.05, 0.1) is 17.9 Å². The smallest absolute Gasteiger partial charge is 0.311 e. The van der Waals surface area contributed by atoms with Gasteiger partial charge in [0.2, 0.25) is 0 Å². The van der Waals surface area contributed by atoms with Crippen molar-refractivity contribution in [3.63, 3.8) is 0 Å². The van der Waals surface area contributed by atoms with Crippen molar-refractivity contribution in [2.45, 2.75) is 18.8 Å². The van der Waals surface area contributed by atoms with E-state index in [1.165, 1.54) is 5.56 Å². The molecule has 1 saturated heterocycles. The number of nitrogens with zero attached hydrogens (tertiary/aromatic N) is 1. The molecule has 1 heterocycles. The molecule has 0 aliphatic carbocycles. The Kier molecular flexibility index (Phi) is 4.61. The van der Waals surface area contributed by atoms with Gasteiger partial charge in [0.25, 0.3) is 0 Å². The highest BCUT2D eigenvalue weighted by atomic mass is 35.5. The summed E-state index contributed by atoms with van der Waals surface area (Å²) in [7, 11) is 0. The van der Waals surface area contributed by atoms with Crippen LogP contribution >= 0.6 is 11.6 Å². The molecule has 0 saturated carbocycles. The maximum Gasteiger partial charge on any atom is 0.311 e. The van der Waals surface area contributed by atoms with E-state index in [2.05, 4.69) is 17.0 Å². The van der Waals surface area contributed by atoms with Gasteiger partial charge in [-0.2, -0.15) is 0 Å². The number of carbonyl (C=O) groups is 1. The molecule has 1 aromatic carbocycles. The van der Waals surface area contributed by atoms with Crippen LogP contribution in [0.2, 0.25) is 0 Å². The lowest BCUT2D eigenvalue weighted by Crippen LogP contribution is -2.26. The molecule has 98 valence electrons. The third-order valence-electron chi connectivity index (χ3n) is 3.16. The van der Waals surface area contributed by atoms with Gasteiger partial charge in [0.1, 0.15) is 0 Å². The van der Waals surface area contributed by atoms with Crippen molar-refractivity contribution in [3.8, 4) is 0 Å². The third kappa shape index (κ3) is 3.24. The van der Waals surface area contributed by atoms with Crippen LogP contribution in [0.25, 0.3) is 0 Å². The fourth-order valence-corrected chi connectivity index (χ4v) is 2.66. The van der Waals surface area contributed by atoms with Gasteiger partial charge in [-0.25, -0.2) is 0 Å². The van der Waals surface area contributed by atoms with Gasteiger partial charge >= 0.3 is 5.97 Å². The monoisotopic (exact) mass is 267 g/mol. The van der Waals surface area contributed by atoms with Crippen molar-refractivity contribution < 1.29 is 9.53 Å². The van der Waals surface area contributed by atoms with Crippen molar-refractivity contribution in [2.24, 2.45) is 5.92 Å². The molecular formula is C14H18ClNO2. The molecule has 0 N–H and O–H groups in total. The van der Waals surface area contributed by atoms with Gasteiger partial charge in [-0.1, -0.05) is 30.3 Å². The van der Waals surface area contributed by atoms with E-state index in [4.69, 9.17) is 16.3 Å². The van der Waals surface area contributed by atoms with Gasteiger partial charge in [0.15, 0.2) is 0 Å². The zero-order valence-corrected chi connectivity index (χ0v) is 11.3. The van der Waals surface area contributed by atoms with E-state index in [1.807, 2.05) is 25.1 Å². The molecule has 1 aliphatic heterocycles. The SMILES string of the molecule is CCOC(=O)C1CN(Cc2ccccc2)CC1Cl. The predicted octanol–water partition coefficient (Wildman–Crippen LogP) is 2.29. The number of hydrogen-bond acceptors (Lipinski definition) is 3. The summed E-state index contributed by atoms with van der Waals surface area (Å²) in [6, 6.07) is 10.2. The molecule has 4 heteroatoms. The fourth-order valence-electron chi connectivity index (χ4n) is 2.28. The zero-order chi connectivity index (χ0) is 13.0. The lowest BCUT2D eigenvalue weighted by Gasteiger charge is -2.15. The fraction of sp³-hybridized carbons (Fsp3) is 0.500. The van der Waals surface area contributed by atoms with Crippen molar-refractivity contribution in [1.29, 1.82) is 0 Å². The average Bonchev–Trinajstić information content (AvgIpc) is 2.72. The number of esters is 1. The normalized spacial score (nSPS) is 24.1. The van der Waals surface area contributed by atoms with Crippen LogP contribution in [0.5, 0.6) is 0 Å². The van der Waals surface area contributed by atoms with Crippen molar-refractivity contribution in [1.82, 2.24) is 4.90 Å². The molecule has 3 nitrogen and oxygen atoms in total. The topological polar surface area (TPSA) is 29.5 Å². The Morgan fingerprint density at radius 3 is 2.78 bits per heavy atom. The number of hydrogen-bond donors (Lipinski definition) is 0. The first kappa shape index (κ1) is 13.4. The van der Waals surface area contributed by atoms with Gasteiger partial charge < -0.3 is 4.74 Å². The maximum atomic E-state index is 11.7. The predicted molar refractivity (Wildman–Crippen MR) is 71.5 cm³/mol. The van der Waals surface area contributed by atoms with Gasteiger partial charge in [0, 0.05) is 19.6 Å². The molecule has 1 aliphatic rings. The van der Waals surface area contributed by atoms with Crippen LogP contribution in [-0.2, 0) is 16.1 Å². The second-order valence-corrected chi connectivity index (χ2v) is 5.11. The van der Waals surface area contributed by atoms with E-state index in [9.17, 15) is 4.79 Å². The lowest BCUT2D eigenvalue weighted by molar-refractivity contribution is -0.147. The number of likely N-dealkylation sites (tertiary alicyclic amines) is 1. The molecule has 0 spiro atoms. The van der Waals surface area contributed by atoms with Crippen LogP contribution in [0.3, 0.4) is 0 Å². The van der Waals surface area contributed by atoms with Crippen LogP contribution in [-0.4, -0.2) is 35.9 Å². The first-order valence-corrected chi connectivity index (χ1v) is 6.71. The number of rotatable bonds is 4. The number of benzene rings is 1. The van der Waals surface area contributed by atoms with E-state index in [0.717, 1.165) is 13.1 Å². The number of ether oxygens (including phenoxy) is 1. The third-order valence-corrected chi connectivity index (χ3v) is 3.60. The Bertz CT molecular complexity index is 396. The molecule has 18 heavy (non-hydrogen) atoms.